The van der Waals surface area contributed by atoms with Gasteiger partial charge in [0.1, 0.15) is 17.2 Å². The third kappa shape index (κ3) is 4.12. The van der Waals surface area contributed by atoms with Crippen LogP contribution in [0.4, 0.5) is 4.79 Å². The number of methoxy groups -OCH3 is 1. The zero-order chi connectivity index (χ0) is 20.2. The van der Waals surface area contributed by atoms with Crippen LogP contribution in [0.2, 0.25) is 5.02 Å². The predicted molar refractivity (Wildman–Crippen MR) is 110 cm³/mol. The zero-order valence-electron chi connectivity index (χ0n) is 15.4. The highest BCUT2D eigenvalue weighted by Crippen LogP contribution is 2.34. The molecule has 144 valence electrons. The Balaban J connectivity index is 1.79. The SMILES string of the molecule is COc1cc(Cl)cc(-c2nn(C(=O)Oc3ccccc3)cc2-c2ccncc2)c1. The maximum absolute atomic E-state index is 12.6. The molecule has 0 aliphatic rings. The molecular weight excluding hydrogens is 390 g/mol. The Kier molecular flexibility index (Phi) is 5.27. The summed E-state index contributed by atoms with van der Waals surface area (Å²) in [5, 5.41) is 4.98. The molecule has 0 aliphatic heterocycles. The number of hydrogen-bond donors (Lipinski definition) is 0. The van der Waals surface area contributed by atoms with E-state index < -0.39 is 6.09 Å². The monoisotopic (exact) mass is 405 g/mol. The van der Waals surface area contributed by atoms with E-state index in [0.717, 1.165) is 11.1 Å². The number of halogens is 1. The maximum Gasteiger partial charge on any atom is 0.440 e. The fraction of sp³-hybridized carbons (Fsp3) is 0.0455. The second kappa shape index (κ2) is 8.16. The van der Waals surface area contributed by atoms with Gasteiger partial charge in [-0.1, -0.05) is 29.8 Å². The van der Waals surface area contributed by atoms with Gasteiger partial charge in [0.2, 0.25) is 0 Å². The lowest BCUT2D eigenvalue weighted by atomic mass is 10.0. The minimum absolute atomic E-state index is 0.435. The van der Waals surface area contributed by atoms with Crippen molar-refractivity contribution in [3.8, 4) is 33.9 Å². The van der Waals surface area contributed by atoms with Crippen molar-refractivity contribution in [1.29, 1.82) is 0 Å². The number of para-hydroxylation sites is 1. The summed E-state index contributed by atoms with van der Waals surface area (Å²) < 4.78 is 11.9. The highest BCUT2D eigenvalue weighted by molar-refractivity contribution is 6.31. The van der Waals surface area contributed by atoms with Crippen LogP contribution in [0.5, 0.6) is 11.5 Å². The fourth-order valence-corrected chi connectivity index (χ4v) is 3.10. The summed E-state index contributed by atoms with van der Waals surface area (Å²) in [4.78, 5) is 16.7. The standard InChI is InChI=1S/C22H16ClN3O3/c1-28-19-12-16(11-17(23)13-19)21-20(15-7-9-24-10-8-15)14-26(25-21)22(27)29-18-5-3-2-4-6-18/h2-14H,1H3. The molecule has 6 nitrogen and oxygen atoms in total. The second-order valence-corrected chi connectivity index (χ2v) is 6.57. The van der Waals surface area contributed by atoms with Crippen LogP contribution < -0.4 is 9.47 Å². The van der Waals surface area contributed by atoms with Crippen molar-refractivity contribution in [2.24, 2.45) is 0 Å². The number of carbonyl (C=O) groups is 1. The van der Waals surface area contributed by atoms with Crippen LogP contribution >= 0.6 is 11.6 Å². The number of benzene rings is 2. The Morgan fingerprint density at radius 3 is 2.45 bits per heavy atom. The molecule has 29 heavy (non-hydrogen) atoms. The van der Waals surface area contributed by atoms with Crippen LogP contribution in [0.25, 0.3) is 22.4 Å². The minimum Gasteiger partial charge on any atom is -0.497 e. The van der Waals surface area contributed by atoms with E-state index in [0.29, 0.717) is 27.8 Å². The van der Waals surface area contributed by atoms with Crippen molar-refractivity contribution in [3.05, 3.63) is 84.3 Å². The first kappa shape index (κ1) is 18.7. The highest BCUT2D eigenvalue weighted by atomic mass is 35.5. The third-order valence-electron chi connectivity index (χ3n) is 4.22. The van der Waals surface area contributed by atoms with E-state index in [9.17, 15) is 4.79 Å². The van der Waals surface area contributed by atoms with Gasteiger partial charge >= 0.3 is 6.09 Å². The molecule has 0 fully saturated rings. The largest absolute Gasteiger partial charge is 0.497 e. The molecule has 7 heteroatoms. The summed E-state index contributed by atoms with van der Waals surface area (Å²) in [6.07, 6.45) is 4.37. The van der Waals surface area contributed by atoms with Gasteiger partial charge in [0.25, 0.3) is 0 Å². The summed E-state index contributed by atoms with van der Waals surface area (Å²) in [6.45, 7) is 0. The van der Waals surface area contributed by atoms with Gasteiger partial charge in [-0.25, -0.2) is 4.79 Å². The zero-order valence-corrected chi connectivity index (χ0v) is 16.2. The molecule has 0 N–H and O–H groups in total. The third-order valence-corrected chi connectivity index (χ3v) is 4.44. The van der Waals surface area contributed by atoms with Crippen molar-refractivity contribution >= 4 is 17.7 Å². The number of rotatable bonds is 4. The van der Waals surface area contributed by atoms with E-state index in [1.54, 1.807) is 62.1 Å². The van der Waals surface area contributed by atoms with Gasteiger partial charge in [0.05, 0.1) is 7.11 Å². The molecule has 4 rings (SSSR count). The Labute approximate surface area is 172 Å². The predicted octanol–water partition coefficient (Wildman–Crippen LogP) is 5.32. The maximum atomic E-state index is 12.6. The summed E-state index contributed by atoms with van der Waals surface area (Å²) in [5.41, 5.74) is 2.88. The average Bonchev–Trinajstić information content (AvgIpc) is 3.20. The molecule has 0 saturated carbocycles. The van der Waals surface area contributed by atoms with Crippen LogP contribution in [0.3, 0.4) is 0 Å². The lowest BCUT2D eigenvalue weighted by Crippen LogP contribution is -2.17. The average molecular weight is 406 g/mol. The molecule has 0 saturated heterocycles. The molecule has 4 aromatic rings. The summed E-state index contributed by atoms with van der Waals surface area (Å²) >= 11 is 6.24. The first-order chi connectivity index (χ1) is 14.1. The Morgan fingerprint density at radius 1 is 0.966 bits per heavy atom. The Morgan fingerprint density at radius 2 is 1.72 bits per heavy atom. The van der Waals surface area contributed by atoms with E-state index in [1.807, 2.05) is 24.3 Å². The number of hydrogen-bond acceptors (Lipinski definition) is 5. The topological polar surface area (TPSA) is 66.2 Å². The van der Waals surface area contributed by atoms with Crippen LogP contribution in [0.15, 0.2) is 79.3 Å². The normalized spacial score (nSPS) is 10.6. The summed E-state index contributed by atoms with van der Waals surface area (Å²) in [6, 6.07) is 17.8. The van der Waals surface area contributed by atoms with Crippen molar-refractivity contribution < 1.29 is 14.3 Å². The number of pyridine rings is 1. The molecule has 0 spiro atoms. The quantitative estimate of drug-likeness (QED) is 0.459. The van der Waals surface area contributed by atoms with Gasteiger partial charge in [-0.3, -0.25) is 4.98 Å². The van der Waals surface area contributed by atoms with Gasteiger partial charge < -0.3 is 9.47 Å². The van der Waals surface area contributed by atoms with Gasteiger partial charge in [0.15, 0.2) is 0 Å². The highest BCUT2D eigenvalue weighted by Gasteiger charge is 2.19. The molecule has 2 aromatic heterocycles. The summed E-state index contributed by atoms with van der Waals surface area (Å²) in [7, 11) is 1.56. The van der Waals surface area contributed by atoms with Crippen LogP contribution in [-0.4, -0.2) is 28.0 Å². The van der Waals surface area contributed by atoms with Gasteiger partial charge in [0, 0.05) is 34.7 Å². The van der Waals surface area contributed by atoms with E-state index in [-0.39, 0.29) is 0 Å². The summed E-state index contributed by atoms with van der Waals surface area (Å²) in [5.74, 6) is 1.03. The molecule has 2 aromatic carbocycles. The smallest absolute Gasteiger partial charge is 0.440 e. The Hall–Kier alpha value is -3.64. The first-order valence-electron chi connectivity index (χ1n) is 8.76. The van der Waals surface area contributed by atoms with Crippen molar-refractivity contribution in [2.75, 3.05) is 7.11 Å². The van der Waals surface area contributed by atoms with Crippen LogP contribution in [0.1, 0.15) is 0 Å². The molecular formula is C22H16ClN3O3. The van der Waals surface area contributed by atoms with Gasteiger partial charge in [-0.15, -0.1) is 0 Å². The number of ether oxygens (including phenoxy) is 2. The van der Waals surface area contributed by atoms with Crippen LogP contribution in [-0.2, 0) is 0 Å². The van der Waals surface area contributed by atoms with E-state index in [2.05, 4.69) is 10.1 Å². The number of nitrogens with zero attached hydrogens (tertiary/aromatic N) is 3. The van der Waals surface area contributed by atoms with Gasteiger partial charge in [-0.05, 0) is 48.0 Å². The van der Waals surface area contributed by atoms with E-state index >= 15 is 0 Å². The van der Waals surface area contributed by atoms with Gasteiger partial charge in [-0.2, -0.15) is 9.78 Å². The molecule has 2 heterocycles. The minimum atomic E-state index is -0.619. The van der Waals surface area contributed by atoms with Crippen molar-refractivity contribution in [3.63, 3.8) is 0 Å². The first-order valence-corrected chi connectivity index (χ1v) is 9.14. The van der Waals surface area contributed by atoms with E-state index in [4.69, 9.17) is 21.1 Å². The number of carbonyl (C=O) groups excluding carboxylic acids is 1. The Bertz CT molecular complexity index is 1140. The lowest BCUT2D eigenvalue weighted by Gasteiger charge is -2.06. The van der Waals surface area contributed by atoms with Crippen LogP contribution in [0, 0.1) is 0 Å². The molecule has 0 atom stereocenters. The molecule has 0 unspecified atom stereocenters. The fourth-order valence-electron chi connectivity index (χ4n) is 2.88. The van der Waals surface area contributed by atoms with Crippen molar-refractivity contribution in [2.45, 2.75) is 0 Å². The molecule has 0 amide bonds. The number of aromatic nitrogens is 3. The molecule has 0 aliphatic carbocycles. The van der Waals surface area contributed by atoms with Crippen molar-refractivity contribution in [1.82, 2.24) is 14.8 Å². The second-order valence-electron chi connectivity index (χ2n) is 6.13. The lowest BCUT2D eigenvalue weighted by molar-refractivity contribution is 0.199. The molecule has 0 bridgehead atoms. The molecule has 0 radical (unpaired) electrons. The van der Waals surface area contributed by atoms with E-state index in [1.165, 1.54) is 4.68 Å².